The second-order valence-corrected chi connectivity index (χ2v) is 8.19. The van der Waals surface area contributed by atoms with Crippen LogP contribution in [0.2, 0.25) is 0 Å². The van der Waals surface area contributed by atoms with Crippen molar-refractivity contribution in [3.8, 4) is 11.1 Å². The normalized spacial score (nSPS) is 16.5. The third kappa shape index (κ3) is 3.78. The molecule has 1 atom stereocenters. The lowest BCUT2D eigenvalue weighted by Gasteiger charge is -2.35. The van der Waals surface area contributed by atoms with E-state index in [1.807, 2.05) is 12.4 Å². The molecule has 0 amide bonds. The topological polar surface area (TPSA) is 55.0 Å². The van der Waals surface area contributed by atoms with E-state index in [0.717, 1.165) is 38.8 Å². The fourth-order valence-corrected chi connectivity index (χ4v) is 5.02. The summed E-state index contributed by atoms with van der Waals surface area (Å²) < 4.78 is 0. The highest BCUT2D eigenvalue weighted by Crippen LogP contribution is 2.39. The Morgan fingerprint density at radius 3 is 2.73 bits per heavy atom. The maximum atomic E-state index is 5.88. The average Bonchev–Trinajstić information content (AvgIpc) is 3.16. The summed E-state index contributed by atoms with van der Waals surface area (Å²) in [6.07, 6.45) is 9.40. The van der Waals surface area contributed by atoms with Gasteiger partial charge in [-0.3, -0.25) is 14.9 Å². The Hall–Kier alpha value is -2.56. The molecule has 4 nitrogen and oxygen atoms in total. The minimum atomic E-state index is 0. The first kappa shape index (κ1) is 20.7. The smallest absolute Gasteiger partial charge is 0.0607 e. The molecular formula is C26H32N4. The van der Waals surface area contributed by atoms with Gasteiger partial charge in [0, 0.05) is 31.9 Å². The Bertz CT molecular complexity index is 1010. The summed E-state index contributed by atoms with van der Waals surface area (Å²) in [5.41, 5.74) is 15.3. The Morgan fingerprint density at radius 1 is 0.967 bits per heavy atom. The van der Waals surface area contributed by atoms with Crippen LogP contribution >= 0.6 is 0 Å². The van der Waals surface area contributed by atoms with Gasteiger partial charge in [-0.05, 0) is 72.2 Å². The quantitative estimate of drug-likeness (QED) is 0.499. The van der Waals surface area contributed by atoms with Crippen molar-refractivity contribution in [2.24, 2.45) is 5.73 Å². The summed E-state index contributed by atoms with van der Waals surface area (Å²) in [6.45, 7) is 2.55. The lowest BCUT2D eigenvalue weighted by atomic mass is 9.90. The van der Waals surface area contributed by atoms with E-state index in [9.17, 15) is 0 Å². The van der Waals surface area contributed by atoms with Crippen LogP contribution in [0.5, 0.6) is 0 Å². The van der Waals surface area contributed by atoms with Gasteiger partial charge in [-0.2, -0.15) is 0 Å². The van der Waals surface area contributed by atoms with Crippen molar-refractivity contribution < 1.29 is 0 Å². The Morgan fingerprint density at radius 2 is 1.83 bits per heavy atom. The molecule has 2 aliphatic rings. The summed E-state index contributed by atoms with van der Waals surface area (Å²) >= 11 is 0. The number of fused-ring (bicyclic) bond motifs is 4. The monoisotopic (exact) mass is 400 g/mol. The summed E-state index contributed by atoms with van der Waals surface area (Å²) in [4.78, 5) is 12.2. The fourth-order valence-electron chi connectivity index (χ4n) is 5.02. The lowest BCUT2D eigenvalue weighted by Crippen LogP contribution is -2.34. The van der Waals surface area contributed by atoms with Gasteiger partial charge in [0.15, 0.2) is 0 Å². The van der Waals surface area contributed by atoms with E-state index < -0.39 is 0 Å². The van der Waals surface area contributed by atoms with E-state index >= 15 is 0 Å². The van der Waals surface area contributed by atoms with Gasteiger partial charge >= 0.3 is 0 Å². The Kier molecular flexibility index (Phi) is 6.26. The van der Waals surface area contributed by atoms with Gasteiger partial charge in [0.05, 0.1) is 17.4 Å². The van der Waals surface area contributed by atoms with Crippen LogP contribution in [0.1, 0.15) is 60.8 Å². The molecule has 0 bridgehead atoms. The molecule has 4 heteroatoms. The molecule has 5 rings (SSSR count). The summed E-state index contributed by atoms with van der Waals surface area (Å²) in [5.74, 6) is 0. The maximum Gasteiger partial charge on any atom is 0.0607 e. The standard InChI is InChI=1S/C25H28N4.CH4/c26-12-5-15-29(24-10-3-7-18-8-4-13-28-25(18)24)17-23-22-16-19-6-1-2-9-20(19)21(22)11-14-27-23;/h1-2,4,6,8-9,11,13-14,24H,3,5,7,10,12,15-17,26H2;1H4. The molecule has 0 fully saturated rings. The van der Waals surface area contributed by atoms with Gasteiger partial charge in [0.25, 0.3) is 0 Å². The third-order valence-electron chi connectivity index (χ3n) is 6.43. The van der Waals surface area contributed by atoms with E-state index in [1.54, 1.807) is 0 Å². The number of rotatable bonds is 6. The molecule has 0 saturated carbocycles. The third-order valence-corrected chi connectivity index (χ3v) is 6.43. The largest absolute Gasteiger partial charge is 0.330 e. The number of aryl methyl sites for hydroxylation is 1. The molecular weight excluding hydrogens is 368 g/mol. The number of hydrogen-bond donors (Lipinski definition) is 1. The zero-order valence-corrected chi connectivity index (χ0v) is 16.8. The highest BCUT2D eigenvalue weighted by molar-refractivity contribution is 5.77. The van der Waals surface area contributed by atoms with Crippen LogP contribution in [0.4, 0.5) is 0 Å². The molecule has 0 aliphatic heterocycles. The maximum absolute atomic E-state index is 5.88. The van der Waals surface area contributed by atoms with E-state index in [4.69, 9.17) is 15.7 Å². The molecule has 3 aromatic rings. The highest BCUT2D eigenvalue weighted by atomic mass is 15.2. The summed E-state index contributed by atoms with van der Waals surface area (Å²) in [6, 6.07) is 15.6. The number of nitrogens with zero attached hydrogens (tertiary/aromatic N) is 3. The van der Waals surface area contributed by atoms with Crippen LogP contribution in [-0.4, -0.2) is 28.0 Å². The lowest BCUT2D eigenvalue weighted by molar-refractivity contribution is 0.162. The molecule has 2 heterocycles. The summed E-state index contributed by atoms with van der Waals surface area (Å²) in [5, 5.41) is 0. The Balaban J connectivity index is 0.00000218. The van der Waals surface area contributed by atoms with E-state index in [0.29, 0.717) is 12.6 Å². The molecule has 156 valence electrons. The predicted octanol–water partition coefficient (Wildman–Crippen LogP) is 4.91. The van der Waals surface area contributed by atoms with Gasteiger partial charge in [-0.15, -0.1) is 0 Å². The first-order valence-electron chi connectivity index (χ1n) is 10.8. The van der Waals surface area contributed by atoms with Crippen molar-refractivity contribution in [1.29, 1.82) is 0 Å². The number of pyridine rings is 2. The van der Waals surface area contributed by atoms with Crippen molar-refractivity contribution in [1.82, 2.24) is 14.9 Å². The molecule has 0 radical (unpaired) electrons. The van der Waals surface area contributed by atoms with Crippen LogP contribution in [0.3, 0.4) is 0 Å². The van der Waals surface area contributed by atoms with E-state index in [1.165, 1.54) is 45.6 Å². The minimum Gasteiger partial charge on any atom is -0.330 e. The first-order valence-corrected chi connectivity index (χ1v) is 10.8. The van der Waals surface area contributed by atoms with Crippen molar-refractivity contribution in [3.05, 3.63) is 82.9 Å². The molecule has 2 N–H and O–H groups in total. The van der Waals surface area contributed by atoms with Gasteiger partial charge in [-0.1, -0.05) is 37.8 Å². The zero-order chi connectivity index (χ0) is 19.6. The SMILES string of the molecule is C.NCCCN(Cc1nccc2c1Cc1ccccc1-2)C1CCCc2cccnc21. The molecule has 1 aromatic carbocycles. The van der Waals surface area contributed by atoms with Crippen LogP contribution in [0, 0.1) is 0 Å². The average molecular weight is 401 g/mol. The van der Waals surface area contributed by atoms with Gasteiger partial charge < -0.3 is 5.73 Å². The van der Waals surface area contributed by atoms with Crippen LogP contribution in [0.25, 0.3) is 11.1 Å². The second-order valence-electron chi connectivity index (χ2n) is 8.19. The Labute approximate surface area is 180 Å². The fraction of sp³-hybridized carbons (Fsp3) is 0.385. The molecule has 2 aliphatic carbocycles. The predicted molar refractivity (Wildman–Crippen MR) is 123 cm³/mol. The number of aromatic nitrogens is 2. The number of benzene rings is 1. The van der Waals surface area contributed by atoms with Crippen LogP contribution in [-0.2, 0) is 19.4 Å². The highest BCUT2D eigenvalue weighted by Gasteiger charge is 2.29. The molecule has 0 spiro atoms. The molecule has 2 aromatic heterocycles. The molecule has 1 unspecified atom stereocenters. The zero-order valence-electron chi connectivity index (χ0n) is 16.8. The van der Waals surface area contributed by atoms with Crippen molar-refractivity contribution in [2.45, 2.75) is 52.1 Å². The first-order chi connectivity index (χ1) is 14.3. The molecule has 0 saturated heterocycles. The second kappa shape index (κ2) is 9.07. The van der Waals surface area contributed by atoms with Crippen molar-refractivity contribution in [2.75, 3.05) is 13.1 Å². The van der Waals surface area contributed by atoms with E-state index in [2.05, 4.69) is 47.4 Å². The van der Waals surface area contributed by atoms with Crippen LogP contribution in [0.15, 0.2) is 54.9 Å². The minimum absolute atomic E-state index is 0. The van der Waals surface area contributed by atoms with Crippen molar-refractivity contribution in [3.63, 3.8) is 0 Å². The summed E-state index contributed by atoms with van der Waals surface area (Å²) in [7, 11) is 0. The number of hydrogen-bond acceptors (Lipinski definition) is 4. The van der Waals surface area contributed by atoms with E-state index in [-0.39, 0.29) is 7.43 Å². The van der Waals surface area contributed by atoms with Gasteiger partial charge in [0.1, 0.15) is 0 Å². The molecule has 30 heavy (non-hydrogen) atoms. The van der Waals surface area contributed by atoms with Crippen molar-refractivity contribution >= 4 is 0 Å². The number of nitrogens with two attached hydrogens (primary N) is 1. The van der Waals surface area contributed by atoms with Gasteiger partial charge in [-0.25, -0.2) is 0 Å². The van der Waals surface area contributed by atoms with Crippen LogP contribution < -0.4 is 5.73 Å². The van der Waals surface area contributed by atoms with Gasteiger partial charge in [0.2, 0.25) is 0 Å².